The summed E-state index contributed by atoms with van der Waals surface area (Å²) in [5.74, 6) is -0.831. The molecule has 0 fully saturated rings. The highest BCUT2D eigenvalue weighted by molar-refractivity contribution is 5.85. The molecule has 6 nitrogen and oxygen atoms in total. The Morgan fingerprint density at radius 2 is 2.08 bits per heavy atom. The van der Waals surface area contributed by atoms with Crippen LogP contribution in [-0.2, 0) is 6.18 Å². The highest BCUT2D eigenvalue weighted by Crippen LogP contribution is 2.37. The van der Waals surface area contributed by atoms with Crippen LogP contribution in [0.1, 0.15) is 31.7 Å². The third-order valence-electron chi connectivity index (χ3n) is 3.50. The van der Waals surface area contributed by atoms with Gasteiger partial charge in [-0.25, -0.2) is 9.89 Å². The summed E-state index contributed by atoms with van der Waals surface area (Å²) in [7, 11) is 0. The minimum atomic E-state index is -4.50. The van der Waals surface area contributed by atoms with Crippen molar-refractivity contribution in [3.05, 3.63) is 34.3 Å². The first-order valence-electron chi connectivity index (χ1n) is 7.55. The van der Waals surface area contributed by atoms with Crippen LogP contribution in [0.15, 0.2) is 27.4 Å². The van der Waals surface area contributed by atoms with E-state index in [9.17, 15) is 18.0 Å². The molecule has 1 aromatic heterocycles. The fourth-order valence-corrected chi connectivity index (χ4v) is 2.33. The van der Waals surface area contributed by atoms with E-state index in [0.717, 1.165) is 18.9 Å². The number of aromatic nitrogens is 2. The van der Waals surface area contributed by atoms with Crippen molar-refractivity contribution in [2.24, 2.45) is 5.73 Å². The molecule has 2 rings (SSSR count). The summed E-state index contributed by atoms with van der Waals surface area (Å²) in [6.45, 7) is 2.35. The van der Waals surface area contributed by atoms with E-state index in [2.05, 4.69) is 15.5 Å². The van der Waals surface area contributed by atoms with E-state index in [1.165, 1.54) is 12.1 Å². The Hall–Kier alpha value is -2.00. The Morgan fingerprint density at radius 3 is 2.64 bits per heavy atom. The van der Waals surface area contributed by atoms with Gasteiger partial charge in [0, 0.05) is 17.3 Å². The minimum absolute atomic E-state index is 0. The SMILES string of the molecule is CC(CCCCN)Nc1cc(-c2n[nH]c(=O)o2)ccc1C(F)(F)F.Cl. The van der Waals surface area contributed by atoms with Crippen LogP contribution in [-0.4, -0.2) is 22.8 Å². The molecule has 0 radical (unpaired) electrons. The number of H-pyrrole nitrogens is 1. The number of benzene rings is 1. The van der Waals surface area contributed by atoms with E-state index in [0.29, 0.717) is 13.0 Å². The third-order valence-corrected chi connectivity index (χ3v) is 3.50. The molecule has 1 unspecified atom stereocenters. The minimum Gasteiger partial charge on any atom is -0.388 e. The van der Waals surface area contributed by atoms with Crippen molar-refractivity contribution < 1.29 is 17.6 Å². The van der Waals surface area contributed by atoms with E-state index in [4.69, 9.17) is 10.2 Å². The Labute approximate surface area is 148 Å². The number of rotatable bonds is 7. The fourth-order valence-electron chi connectivity index (χ4n) is 2.33. The van der Waals surface area contributed by atoms with Crippen molar-refractivity contribution in [2.75, 3.05) is 11.9 Å². The van der Waals surface area contributed by atoms with Crippen molar-refractivity contribution in [1.29, 1.82) is 0 Å². The lowest BCUT2D eigenvalue weighted by Crippen LogP contribution is -2.19. The van der Waals surface area contributed by atoms with Gasteiger partial charge in [0.2, 0.25) is 5.89 Å². The largest absolute Gasteiger partial charge is 0.434 e. The van der Waals surface area contributed by atoms with E-state index < -0.39 is 17.5 Å². The summed E-state index contributed by atoms with van der Waals surface area (Å²) in [4.78, 5) is 11.0. The van der Waals surface area contributed by atoms with Gasteiger partial charge in [-0.2, -0.15) is 13.2 Å². The van der Waals surface area contributed by atoms with Crippen molar-refractivity contribution in [1.82, 2.24) is 10.2 Å². The van der Waals surface area contributed by atoms with Crippen LogP contribution >= 0.6 is 12.4 Å². The number of hydrogen-bond donors (Lipinski definition) is 3. The van der Waals surface area contributed by atoms with Gasteiger partial charge >= 0.3 is 11.9 Å². The Balaban J connectivity index is 0.00000312. The second-order valence-corrected chi connectivity index (χ2v) is 5.51. The normalized spacial score (nSPS) is 12.5. The molecular weight excluding hydrogens is 361 g/mol. The van der Waals surface area contributed by atoms with Crippen molar-refractivity contribution in [3.8, 4) is 11.5 Å². The number of anilines is 1. The van der Waals surface area contributed by atoms with Crippen molar-refractivity contribution in [2.45, 2.75) is 38.4 Å². The molecule has 0 aliphatic rings. The summed E-state index contributed by atoms with van der Waals surface area (Å²) < 4.78 is 44.4. The molecule has 0 aliphatic heterocycles. The molecule has 25 heavy (non-hydrogen) atoms. The molecule has 1 aromatic carbocycles. The molecule has 1 heterocycles. The molecular formula is C15H20ClF3N4O2. The molecule has 0 bridgehead atoms. The van der Waals surface area contributed by atoms with Gasteiger partial charge in [-0.15, -0.1) is 17.5 Å². The van der Waals surface area contributed by atoms with Crippen LogP contribution in [0.4, 0.5) is 18.9 Å². The lowest BCUT2D eigenvalue weighted by molar-refractivity contribution is -0.137. The monoisotopic (exact) mass is 380 g/mol. The zero-order chi connectivity index (χ0) is 17.7. The molecule has 10 heteroatoms. The number of unbranched alkanes of at least 4 members (excludes halogenated alkanes) is 1. The van der Waals surface area contributed by atoms with Crippen molar-refractivity contribution in [3.63, 3.8) is 0 Å². The van der Waals surface area contributed by atoms with Crippen molar-refractivity contribution >= 4 is 18.1 Å². The maximum absolute atomic E-state index is 13.2. The molecule has 0 amide bonds. The molecule has 2 aromatic rings. The maximum Gasteiger partial charge on any atom is 0.434 e. The number of nitrogens with zero attached hydrogens (tertiary/aromatic N) is 1. The Kier molecular flexibility index (Phi) is 7.50. The third kappa shape index (κ3) is 5.79. The molecule has 0 spiro atoms. The standard InChI is InChI=1S/C15H19F3N4O2.ClH/c1-9(4-2-3-7-19)20-12-8-10(13-21-22-14(23)24-13)5-6-11(12)15(16,17)18;/h5-6,8-9,20H,2-4,7,19H2,1H3,(H,22,23);1H. The second-order valence-electron chi connectivity index (χ2n) is 5.51. The summed E-state index contributed by atoms with van der Waals surface area (Å²) in [6.07, 6.45) is -2.17. The molecule has 0 saturated heterocycles. The highest BCUT2D eigenvalue weighted by atomic mass is 35.5. The van der Waals surface area contributed by atoms with Crippen LogP contribution in [0.2, 0.25) is 0 Å². The lowest BCUT2D eigenvalue weighted by Gasteiger charge is -2.20. The average molecular weight is 381 g/mol. The van der Waals surface area contributed by atoms with Crippen LogP contribution in [0.25, 0.3) is 11.5 Å². The summed E-state index contributed by atoms with van der Waals surface area (Å²) >= 11 is 0. The quantitative estimate of drug-likeness (QED) is 0.640. The highest BCUT2D eigenvalue weighted by Gasteiger charge is 2.34. The van der Waals surface area contributed by atoms with Crippen LogP contribution in [0, 0.1) is 0 Å². The van der Waals surface area contributed by atoms with Gasteiger partial charge in [0.25, 0.3) is 0 Å². The first-order valence-corrected chi connectivity index (χ1v) is 7.55. The smallest absolute Gasteiger partial charge is 0.388 e. The number of nitrogens with one attached hydrogen (secondary N) is 2. The first kappa shape index (κ1) is 21.0. The molecule has 140 valence electrons. The van der Waals surface area contributed by atoms with E-state index in [1.54, 1.807) is 6.92 Å². The predicted octanol–water partition coefficient (Wildman–Crippen LogP) is 3.40. The van der Waals surface area contributed by atoms with Gasteiger partial charge in [-0.1, -0.05) is 6.42 Å². The zero-order valence-corrected chi connectivity index (χ0v) is 14.3. The average Bonchev–Trinajstić information content (AvgIpc) is 2.93. The van der Waals surface area contributed by atoms with Gasteiger partial charge in [0.15, 0.2) is 0 Å². The summed E-state index contributed by atoms with van der Waals surface area (Å²) in [5.41, 5.74) is 4.84. The zero-order valence-electron chi connectivity index (χ0n) is 13.5. The molecule has 0 aliphatic carbocycles. The number of hydrogen-bond acceptors (Lipinski definition) is 5. The van der Waals surface area contributed by atoms with E-state index >= 15 is 0 Å². The summed E-state index contributed by atoms with van der Waals surface area (Å²) in [6, 6.07) is 3.27. The molecule has 0 saturated carbocycles. The lowest BCUT2D eigenvalue weighted by atomic mass is 10.1. The number of nitrogens with two attached hydrogens (primary N) is 1. The fraction of sp³-hybridized carbons (Fsp3) is 0.467. The van der Waals surface area contributed by atoms with Gasteiger partial charge in [-0.3, -0.25) is 0 Å². The first-order chi connectivity index (χ1) is 11.3. The van der Waals surface area contributed by atoms with Gasteiger partial charge in [0.1, 0.15) is 0 Å². The van der Waals surface area contributed by atoms with Gasteiger partial charge in [0.05, 0.1) is 5.56 Å². The van der Waals surface area contributed by atoms with E-state index in [-0.39, 0.29) is 35.6 Å². The van der Waals surface area contributed by atoms with Crippen LogP contribution in [0.3, 0.4) is 0 Å². The number of halogens is 4. The van der Waals surface area contributed by atoms with Gasteiger partial charge < -0.3 is 15.5 Å². The van der Waals surface area contributed by atoms with Crippen LogP contribution in [0.5, 0.6) is 0 Å². The number of aromatic amines is 1. The second kappa shape index (κ2) is 8.91. The summed E-state index contributed by atoms with van der Waals surface area (Å²) in [5, 5.41) is 8.59. The van der Waals surface area contributed by atoms with Gasteiger partial charge in [-0.05, 0) is 44.5 Å². The molecule has 1 atom stereocenters. The van der Waals surface area contributed by atoms with Crippen LogP contribution < -0.4 is 16.8 Å². The number of alkyl halides is 3. The Bertz CT molecular complexity index is 730. The Morgan fingerprint density at radius 1 is 1.36 bits per heavy atom. The maximum atomic E-state index is 13.2. The van der Waals surface area contributed by atoms with E-state index in [1.807, 2.05) is 0 Å². The predicted molar refractivity (Wildman–Crippen MR) is 90.8 cm³/mol. The molecule has 4 N–H and O–H groups in total. The topological polar surface area (TPSA) is 96.9 Å².